The van der Waals surface area contributed by atoms with Crippen molar-refractivity contribution < 1.29 is 9.47 Å². The molecule has 0 radical (unpaired) electrons. The lowest BCUT2D eigenvalue weighted by Crippen LogP contribution is -2.14. The first-order valence-corrected chi connectivity index (χ1v) is 9.33. The fraction of sp³-hybridized carbons (Fsp3) is 0.211. The molecule has 0 amide bonds. The molecule has 1 aliphatic heterocycles. The van der Waals surface area contributed by atoms with Gasteiger partial charge in [-0.15, -0.1) is 10.2 Å². The van der Waals surface area contributed by atoms with Gasteiger partial charge >= 0.3 is 0 Å². The highest BCUT2D eigenvalue weighted by Crippen LogP contribution is 2.33. The Morgan fingerprint density at radius 3 is 2.41 bits per heavy atom. The van der Waals surface area contributed by atoms with Gasteiger partial charge in [0.25, 0.3) is 0 Å². The zero-order chi connectivity index (χ0) is 19.0. The molecule has 3 aromatic rings. The Kier molecular flexibility index (Phi) is 4.49. The van der Waals surface area contributed by atoms with Crippen LogP contribution < -0.4 is 15.2 Å². The molecular formula is C19H19N5O2S. The van der Waals surface area contributed by atoms with E-state index in [0.29, 0.717) is 23.1 Å². The van der Waals surface area contributed by atoms with E-state index in [1.54, 1.807) is 30.7 Å². The molecule has 1 aliphatic rings. The monoisotopic (exact) mass is 381 g/mol. The van der Waals surface area contributed by atoms with Gasteiger partial charge in [-0.2, -0.15) is 9.78 Å². The number of hydrogen-bond donors (Lipinski definition) is 1. The lowest BCUT2D eigenvalue weighted by atomic mass is 10.1. The van der Waals surface area contributed by atoms with Gasteiger partial charge in [0.2, 0.25) is 5.16 Å². The summed E-state index contributed by atoms with van der Waals surface area (Å²) in [7, 11) is 3.23. The Hall–Kier alpha value is -3.00. The number of thioether (sulfide) groups is 1. The first kappa shape index (κ1) is 17.4. The number of rotatable bonds is 4. The minimum absolute atomic E-state index is 0.631. The summed E-state index contributed by atoms with van der Waals surface area (Å²) < 4.78 is 12.5. The number of nitrogens with two attached hydrogens (primary N) is 1. The number of benzene rings is 2. The van der Waals surface area contributed by atoms with E-state index in [1.165, 1.54) is 0 Å². The molecule has 0 unspecified atom stereocenters. The van der Waals surface area contributed by atoms with E-state index < -0.39 is 0 Å². The second-order valence-corrected chi connectivity index (χ2v) is 7.07. The van der Waals surface area contributed by atoms with Gasteiger partial charge in [0.1, 0.15) is 11.5 Å². The summed E-state index contributed by atoms with van der Waals surface area (Å²) in [5.74, 6) is 2.70. The first-order valence-electron chi connectivity index (χ1n) is 8.35. The summed E-state index contributed by atoms with van der Waals surface area (Å²) >= 11 is 1.59. The number of nitrogens with zero attached hydrogens (tertiary/aromatic N) is 4. The van der Waals surface area contributed by atoms with Gasteiger partial charge in [0.05, 0.1) is 19.9 Å². The average Bonchev–Trinajstić information content (AvgIpc) is 3.12. The van der Waals surface area contributed by atoms with Gasteiger partial charge in [-0.25, -0.2) is 0 Å². The van der Waals surface area contributed by atoms with E-state index in [4.69, 9.17) is 20.3 Å². The van der Waals surface area contributed by atoms with E-state index in [-0.39, 0.29) is 0 Å². The predicted octanol–water partition coefficient (Wildman–Crippen LogP) is 3.21. The number of fused-ring (bicyclic) bond motifs is 1. The lowest BCUT2D eigenvalue weighted by molar-refractivity contribution is 0.394. The van der Waals surface area contributed by atoms with Crippen molar-refractivity contribution >= 4 is 23.2 Å². The quantitative estimate of drug-likeness (QED) is 0.698. The molecule has 0 atom stereocenters. The number of aromatic nitrogens is 3. The normalized spacial score (nSPS) is 13.1. The van der Waals surface area contributed by atoms with Crippen LogP contribution in [0.2, 0.25) is 0 Å². The van der Waals surface area contributed by atoms with Gasteiger partial charge in [-0.05, 0) is 30.7 Å². The van der Waals surface area contributed by atoms with E-state index in [1.807, 2.05) is 43.3 Å². The zero-order valence-electron chi connectivity index (χ0n) is 15.3. The predicted molar refractivity (Wildman–Crippen MR) is 107 cm³/mol. The highest BCUT2D eigenvalue weighted by molar-refractivity contribution is 7.99. The number of anilines is 1. The van der Waals surface area contributed by atoms with Crippen molar-refractivity contribution in [1.29, 1.82) is 0 Å². The van der Waals surface area contributed by atoms with E-state index >= 15 is 0 Å². The van der Waals surface area contributed by atoms with Crippen molar-refractivity contribution in [2.24, 2.45) is 5.10 Å². The molecule has 4 rings (SSSR count). The second-order valence-electron chi connectivity index (χ2n) is 6.13. The van der Waals surface area contributed by atoms with Gasteiger partial charge in [-0.1, -0.05) is 23.9 Å². The smallest absolute Gasteiger partial charge is 0.212 e. The molecule has 0 saturated carbocycles. The maximum atomic E-state index is 6.07. The molecule has 2 heterocycles. The van der Waals surface area contributed by atoms with E-state index in [0.717, 1.165) is 33.2 Å². The largest absolute Gasteiger partial charge is 0.497 e. The second kappa shape index (κ2) is 6.96. The third kappa shape index (κ3) is 3.23. The minimum Gasteiger partial charge on any atom is -0.497 e. The van der Waals surface area contributed by atoms with Crippen LogP contribution in [0.5, 0.6) is 11.5 Å². The molecule has 0 fully saturated rings. The molecular weight excluding hydrogens is 362 g/mol. The van der Waals surface area contributed by atoms with Gasteiger partial charge in [-0.3, -0.25) is 0 Å². The molecule has 0 spiro atoms. The van der Waals surface area contributed by atoms with Crippen LogP contribution in [0.15, 0.2) is 46.7 Å². The Balaban J connectivity index is 1.80. The molecule has 0 saturated heterocycles. The van der Waals surface area contributed by atoms with Gasteiger partial charge in [0, 0.05) is 28.6 Å². The number of ether oxygens (including phenoxy) is 2. The van der Waals surface area contributed by atoms with E-state index in [9.17, 15) is 0 Å². The maximum absolute atomic E-state index is 6.07. The minimum atomic E-state index is 0.631. The molecule has 7 nitrogen and oxygen atoms in total. The van der Waals surface area contributed by atoms with Crippen LogP contribution in [-0.4, -0.2) is 40.6 Å². The third-order valence-corrected chi connectivity index (χ3v) is 5.32. The lowest BCUT2D eigenvalue weighted by Gasteiger charge is -2.15. The highest BCUT2D eigenvalue weighted by atomic mass is 32.2. The zero-order valence-corrected chi connectivity index (χ0v) is 16.1. The molecule has 27 heavy (non-hydrogen) atoms. The molecule has 138 valence electrons. The highest BCUT2D eigenvalue weighted by Gasteiger charge is 2.21. The van der Waals surface area contributed by atoms with Crippen molar-refractivity contribution in [2.45, 2.75) is 12.1 Å². The summed E-state index contributed by atoms with van der Waals surface area (Å²) in [5, 5.41) is 14.1. The van der Waals surface area contributed by atoms with Crippen molar-refractivity contribution in [3.8, 4) is 22.9 Å². The summed E-state index contributed by atoms with van der Waals surface area (Å²) in [5.41, 5.74) is 10.6. The standard InChI is InChI=1S/C19H19N5O2S/c1-11-4-5-12(8-16(11)20)17-10-27-19-22-21-18(24(19)23-17)13-6-14(25-2)9-15(7-13)26-3/h4-9H,10,20H2,1-3H3. The summed E-state index contributed by atoms with van der Waals surface area (Å²) in [6.07, 6.45) is 0. The van der Waals surface area contributed by atoms with Crippen LogP contribution in [0.25, 0.3) is 11.4 Å². The summed E-state index contributed by atoms with van der Waals surface area (Å²) in [4.78, 5) is 0. The average molecular weight is 381 g/mol. The van der Waals surface area contributed by atoms with E-state index in [2.05, 4.69) is 10.2 Å². The fourth-order valence-corrected chi connectivity index (χ4v) is 3.64. The Morgan fingerprint density at radius 2 is 1.74 bits per heavy atom. The van der Waals surface area contributed by atoms with Crippen LogP contribution in [0.4, 0.5) is 5.69 Å². The van der Waals surface area contributed by atoms with Crippen molar-refractivity contribution in [1.82, 2.24) is 14.9 Å². The van der Waals surface area contributed by atoms with Crippen LogP contribution in [0.1, 0.15) is 11.1 Å². The van der Waals surface area contributed by atoms with Gasteiger partial charge in [0.15, 0.2) is 5.82 Å². The summed E-state index contributed by atoms with van der Waals surface area (Å²) in [6.45, 7) is 1.99. The van der Waals surface area contributed by atoms with Crippen molar-refractivity contribution in [2.75, 3.05) is 25.7 Å². The Bertz CT molecular complexity index is 1020. The fourth-order valence-electron chi connectivity index (χ4n) is 2.81. The Labute approximate surface area is 161 Å². The first-order chi connectivity index (χ1) is 13.1. The molecule has 1 aromatic heterocycles. The maximum Gasteiger partial charge on any atom is 0.212 e. The number of aryl methyl sites for hydroxylation is 1. The number of nitrogen functional groups attached to an aromatic ring is 1. The van der Waals surface area contributed by atoms with Crippen molar-refractivity contribution in [3.05, 3.63) is 47.5 Å². The molecule has 2 aromatic carbocycles. The molecule has 0 bridgehead atoms. The topological polar surface area (TPSA) is 87.5 Å². The van der Waals surface area contributed by atoms with Crippen LogP contribution >= 0.6 is 11.8 Å². The molecule has 0 aliphatic carbocycles. The van der Waals surface area contributed by atoms with Crippen LogP contribution in [0, 0.1) is 6.92 Å². The number of hydrogen-bond acceptors (Lipinski definition) is 7. The molecule has 2 N–H and O–H groups in total. The number of methoxy groups -OCH3 is 2. The van der Waals surface area contributed by atoms with Crippen LogP contribution in [0.3, 0.4) is 0 Å². The van der Waals surface area contributed by atoms with Crippen LogP contribution in [-0.2, 0) is 0 Å². The Morgan fingerprint density at radius 1 is 1.00 bits per heavy atom. The van der Waals surface area contributed by atoms with Gasteiger partial charge < -0.3 is 15.2 Å². The van der Waals surface area contributed by atoms with Crippen molar-refractivity contribution in [3.63, 3.8) is 0 Å². The molecule has 8 heteroatoms. The summed E-state index contributed by atoms with van der Waals surface area (Å²) in [6, 6.07) is 11.6. The SMILES string of the molecule is COc1cc(OC)cc(-c2nnc3n2N=C(c2ccc(C)c(N)c2)CS3)c1. The third-order valence-electron chi connectivity index (χ3n) is 4.39.